The second-order valence-corrected chi connectivity index (χ2v) is 4.13. The Morgan fingerprint density at radius 1 is 1.00 bits per heavy atom. The predicted octanol–water partition coefficient (Wildman–Crippen LogP) is 2.51. The molecular weight excluding hydrogens is 192 g/mol. The normalized spacial score (nSPS) is 35.5. The lowest BCUT2D eigenvalue weighted by atomic mass is 10.2. The van der Waals surface area contributed by atoms with Crippen LogP contribution in [0.25, 0.3) is 0 Å². The highest BCUT2D eigenvalue weighted by Crippen LogP contribution is 2.11. The number of rotatable bonds is 0. The van der Waals surface area contributed by atoms with Crippen molar-refractivity contribution < 1.29 is 14.2 Å². The third-order valence-electron chi connectivity index (χ3n) is 2.81. The van der Waals surface area contributed by atoms with Crippen LogP contribution >= 0.6 is 0 Å². The summed E-state index contributed by atoms with van der Waals surface area (Å²) in [5.41, 5.74) is 1.16. The standard InChI is InChI=1S/C12H22O3/c1-9-8-15-12(4)11(3)14-7-5-6-13-10(9)2/h11-12H,5-8H2,1-4H3/b10-9-/t11-,12+/m0/s1. The van der Waals surface area contributed by atoms with Gasteiger partial charge in [-0.1, -0.05) is 0 Å². The van der Waals surface area contributed by atoms with Crippen LogP contribution in [0.5, 0.6) is 0 Å². The predicted molar refractivity (Wildman–Crippen MR) is 59.8 cm³/mol. The Morgan fingerprint density at radius 2 is 1.67 bits per heavy atom. The lowest BCUT2D eigenvalue weighted by Crippen LogP contribution is -2.27. The largest absolute Gasteiger partial charge is 0.498 e. The van der Waals surface area contributed by atoms with Gasteiger partial charge >= 0.3 is 0 Å². The van der Waals surface area contributed by atoms with Gasteiger partial charge in [-0.15, -0.1) is 0 Å². The molecule has 0 bridgehead atoms. The van der Waals surface area contributed by atoms with E-state index in [1.54, 1.807) is 0 Å². The summed E-state index contributed by atoms with van der Waals surface area (Å²) < 4.78 is 16.9. The van der Waals surface area contributed by atoms with Crippen molar-refractivity contribution in [1.29, 1.82) is 0 Å². The second kappa shape index (κ2) is 6.13. The first kappa shape index (κ1) is 12.5. The summed E-state index contributed by atoms with van der Waals surface area (Å²) in [7, 11) is 0. The summed E-state index contributed by atoms with van der Waals surface area (Å²) >= 11 is 0. The lowest BCUT2D eigenvalue weighted by molar-refractivity contribution is -0.0506. The average molecular weight is 214 g/mol. The fraction of sp³-hybridized carbons (Fsp3) is 0.833. The van der Waals surface area contributed by atoms with Crippen LogP contribution in [0.1, 0.15) is 34.1 Å². The molecule has 0 radical (unpaired) electrons. The van der Waals surface area contributed by atoms with Gasteiger partial charge in [-0.25, -0.2) is 0 Å². The van der Waals surface area contributed by atoms with E-state index < -0.39 is 0 Å². The van der Waals surface area contributed by atoms with Crippen LogP contribution in [-0.2, 0) is 14.2 Å². The first-order valence-corrected chi connectivity index (χ1v) is 5.63. The molecule has 0 aromatic carbocycles. The van der Waals surface area contributed by atoms with Crippen molar-refractivity contribution in [3.63, 3.8) is 0 Å². The molecule has 1 heterocycles. The van der Waals surface area contributed by atoms with E-state index in [4.69, 9.17) is 14.2 Å². The molecule has 0 saturated carbocycles. The number of ether oxygens (including phenoxy) is 3. The van der Waals surface area contributed by atoms with E-state index in [2.05, 4.69) is 6.92 Å². The zero-order valence-electron chi connectivity index (χ0n) is 10.2. The topological polar surface area (TPSA) is 27.7 Å². The van der Waals surface area contributed by atoms with Gasteiger partial charge in [-0.3, -0.25) is 0 Å². The summed E-state index contributed by atoms with van der Waals surface area (Å²) in [6, 6.07) is 0. The fourth-order valence-electron chi connectivity index (χ4n) is 1.31. The van der Waals surface area contributed by atoms with Crippen molar-refractivity contribution >= 4 is 0 Å². The van der Waals surface area contributed by atoms with Crippen LogP contribution in [0.2, 0.25) is 0 Å². The number of allylic oxidation sites excluding steroid dienone is 1. The molecular formula is C12H22O3. The summed E-state index contributed by atoms with van der Waals surface area (Å²) in [4.78, 5) is 0. The molecule has 3 heteroatoms. The maximum absolute atomic E-state index is 5.71. The number of hydrogen-bond donors (Lipinski definition) is 0. The van der Waals surface area contributed by atoms with E-state index in [0.29, 0.717) is 6.61 Å². The highest BCUT2D eigenvalue weighted by Gasteiger charge is 2.14. The Labute approximate surface area is 92.4 Å². The van der Waals surface area contributed by atoms with Crippen LogP contribution in [0.4, 0.5) is 0 Å². The van der Waals surface area contributed by atoms with Gasteiger partial charge in [0.25, 0.3) is 0 Å². The maximum Gasteiger partial charge on any atom is 0.0941 e. The molecule has 0 aliphatic carbocycles. The second-order valence-electron chi connectivity index (χ2n) is 4.13. The highest BCUT2D eigenvalue weighted by molar-refractivity contribution is 5.03. The van der Waals surface area contributed by atoms with Crippen molar-refractivity contribution in [2.24, 2.45) is 0 Å². The van der Waals surface area contributed by atoms with Crippen LogP contribution in [-0.4, -0.2) is 32.0 Å². The van der Waals surface area contributed by atoms with Gasteiger partial charge in [0, 0.05) is 6.42 Å². The molecule has 15 heavy (non-hydrogen) atoms. The quantitative estimate of drug-likeness (QED) is 0.620. The molecule has 2 atom stereocenters. The minimum atomic E-state index is 0.130. The first-order chi connectivity index (χ1) is 7.11. The van der Waals surface area contributed by atoms with E-state index in [1.165, 1.54) is 0 Å². The maximum atomic E-state index is 5.71. The highest BCUT2D eigenvalue weighted by atomic mass is 16.5. The van der Waals surface area contributed by atoms with Crippen molar-refractivity contribution in [2.75, 3.05) is 19.8 Å². The lowest BCUT2D eigenvalue weighted by Gasteiger charge is -2.20. The third kappa shape index (κ3) is 4.22. The molecule has 0 spiro atoms. The van der Waals surface area contributed by atoms with Crippen molar-refractivity contribution in [3.05, 3.63) is 11.3 Å². The molecule has 0 N–H and O–H groups in total. The number of hydrogen-bond acceptors (Lipinski definition) is 3. The molecule has 0 fully saturated rings. The summed E-state index contributed by atoms with van der Waals surface area (Å²) in [5, 5.41) is 0. The first-order valence-electron chi connectivity index (χ1n) is 5.63. The molecule has 1 rings (SSSR count). The Hall–Kier alpha value is -0.540. The molecule has 1 aliphatic heterocycles. The Balaban J connectivity index is 2.57. The van der Waals surface area contributed by atoms with E-state index in [1.807, 2.05) is 20.8 Å². The van der Waals surface area contributed by atoms with Crippen molar-refractivity contribution in [1.82, 2.24) is 0 Å². The van der Waals surface area contributed by atoms with Crippen LogP contribution in [0.3, 0.4) is 0 Å². The van der Waals surface area contributed by atoms with Gasteiger partial charge in [0.15, 0.2) is 0 Å². The monoisotopic (exact) mass is 214 g/mol. The molecule has 1 aliphatic rings. The third-order valence-corrected chi connectivity index (χ3v) is 2.81. The van der Waals surface area contributed by atoms with Gasteiger partial charge in [-0.2, -0.15) is 0 Å². The minimum absolute atomic E-state index is 0.130. The van der Waals surface area contributed by atoms with Crippen LogP contribution < -0.4 is 0 Å². The summed E-state index contributed by atoms with van der Waals surface area (Å²) in [6.07, 6.45) is 1.21. The van der Waals surface area contributed by atoms with Gasteiger partial charge in [0.1, 0.15) is 0 Å². The van der Waals surface area contributed by atoms with Gasteiger partial charge in [0.2, 0.25) is 0 Å². The molecule has 88 valence electrons. The average Bonchev–Trinajstić information content (AvgIpc) is 2.24. The van der Waals surface area contributed by atoms with E-state index in [0.717, 1.165) is 31.0 Å². The zero-order valence-corrected chi connectivity index (χ0v) is 10.2. The summed E-state index contributed by atoms with van der Waals surface area (Å²) in [5.74, 6) is 0.983. The molecule has 3 nitrogen and oxygen atoms in total. The molecule has 0 aromatic rings. The van der Waals surface area contributed by atoms with E-state index in [9.17, 15) is 0 Å². The molecule has 0 amide bonds. The van der Waals surface area contributed by atoms with E-state index in [-0.39, 0.29) is 12.2 Å². The Morgan fingerprint density at radius 3 is 2.40 bits per heavy atom. The SMILES string of the molecule is C/C1=C(\C)OCCCO[C@@H](C)[C@@H](C)OC1. The minimum Gasteiger partial charge on any atom is -0.498 e. The van der Waals surface area contributed by atoms with Gasteiger partial charge in [0.05, 0.1) is 37.8 Å². The fourth-order valence-corrected chi connectivity index (χ4v) is 1.31. The smallest absolute Gasteiger partial charge is 0.0941 e. The molecule has 0 saturated heterocycles. The Kier molecular flexibility index (Phi) is 5.12. The van der Waals surface area contributed by atoms with E-state index >= 15 is 0 Å². The zero-order chi connectivity index (χ0) is 11.3. The van der Waals surface area contributed by atoms with Gasteiger partial charge in [-0.05, 0) is 33.3 Å². The molecule has 0 aromatic heterocycles. The van der Waals surface area contributed by atoms with Crippen molar-refractivity contribution in [2.45, 2.75) is 46.3 Å². The van der Waals surface area contributed by atoms with Crippen LogP contribution in [0.15, 0.2) is 11.3 Å². The van der Waals surface area contributed by atoms with Gasteiger partial charge < -0.3 is 14.2 Å². The summed E-state index contributed by atoms with van der Waals surface area (Å²) in [6.45, 7) is 10.2. The Bertz CT molecular complexity index is 223. The van der Waals surface area contributed by atoms with Crippen LogP contribution in [0, 0.1) is 0 Å². The molecule has 0 unspecified atom stereocenters. The van der Waals surface area contributed by atoms with Crippen molar-refractivity contribution in [3.8, 4) is 0 Å².